The van der Waals surface area contributed by atoms with Crippen molar-refractivity contribution in [3.63, 3.8) is 0 Å². The molecule has 0 N–H and O–H groups in total. The van der Waals surface area contributed by atoms with Crippen LogP contribution in [0.1, 0.15) is 28.4 Å². The van der Waals surface area contributed by atoms with E-state index in [0.29, 0.717) is 11.3 Å². The summed E-state index contributed by atoms with van der Waals surface area (Å²) in [5.41, 5.74) is 4.19. The Labute approximate surface area is 141 Å². The molecule has 0 unspecified atom stereocenters. The van der Waals surface area contributed by atoms with Crippen molar-refractivity contribution in [1.82, 2.24) is 4.57 Å². The van der Waals surface area contributed by atoms with Crippen molar-refractivity contribution in [2.24, 2.45) is 5.16 Å². The summed E-state index contributed by atoms with van der Waals surface area (Å²) in [7, 11) is 0. The van der Waals surface area contributed by atoms with E-state index in [-0.39, 0.29) is 0 Å². The molecule has 0 aliphatic heterocycles. The van der Waals surface area contributed by atoms with Gasteiger partial charge in [0.15, 0.2) is 0 Å². The molecule has 0 radical (unpaired) electrons. The molecule has 0 saturated heterocycles. The Balaban J connectivity index is 1.69. The van der Waals surface area contributed by atoms with E-state index in [1.165, 1.54) is 0 Å². The molecule has 120 valence electrons. The van der Waals surface area contributed by atoms with Gasteiger partial charge < -0.3 is 9.40 Å². The molecular weight excluding hydrogens is 300 g/mol. The summed E-state index contributed by atoms with van der Waals surface area (Å²) in [6, 6.07) is 19.0. The number of aryl methyl sites for hydroxylation is 1. The molecule has 0 fully saturated rings. The van der Waals surface area contributed by atoms with E-state index >= 15 is 0 Å². The molecule has 0 saturated carbocycles. The molecule has 3 rings (SSSR count). The van der Waals surface area contributed by atoms with Crippen LogP contribution >= 0.6 is 0 Å². The first-order chi connectivity index (χ1) is 11.6. The Morgan fingerprint density at radius 2 is 1.50 bits per heavy atom. The van der Waals surface area contributed by atoms with Crippen molar-refractivity contribution in [1.29, 1.82) is 0 Å². The van der Waals surface area contributed by atoms with E-state index in [9.17, 15) is 4.79 Å². The minimum atomic E-state index is -0.460. The van der Waals surface area contributed by atoms with Gasteiger partial charge in [-0.25, -0.2) is 4.79 Å². The average Bonchev–Trinajstić information content (AvgIpc) is 3.15. The molecule has 4 heteroatoms. The number of nitrogens with zero attached hydrogens (tertiary/aromatic N) is 2. The standard InChI is InChI=1S/C20H18N2O2/c1-15-5-7-18(8-6-15)20(23)24-21-16(2)17-9-11-19(12-10-17)22-13-3-4-14-22/h3-14H,1-2H3/b21-16-. The number of benzene rings is 2. The summed E-state index contributed by atoms with van der Waals surface area (Å²) in [5.74, 6) is -0.460. The maximum Gasteiger partial charge on any atom is 0.365 e. The molecule has 0 spiro atoms. The molecule has 0 aliphatic rings. The van der Waals surface area contributed by atoms with Gasteiger partial charge in [0.1, 0.15) is 0 Å². The Hall–Kier alpha value is -3.14. The van der Waals surface area contributed by atoms with Crippen LogP contribution in [0.5, 0.6) is 0 Å². The molecule has 0 aliphatic carbocycles. The Morgan fingerprint density at radius 3 is 2.12 bits per heavy atom. The third-order valence-electron chi connectivity index (χ3n) is 3.74. The molecule has 0 atom stereocenters. The maximum absolute atomic E-state index is 12.0. The lowest BCUT2D eigenvalue weighted by molar-refractivity contribution is 0.0516. The van der Waals surface area contributed by atoms with Crippen molar-refractivity contribution in [3.05, 3.63) is 89.7 Å². The van der Waals surface area contributed by atoms with Gasteiger partial charge in [-0.15, -0.1) is 0 Å². The smallest absolute Gasteiger partial charge is 0.324 e. The van der Waals surface area contributed by atoms with Crippen LogP contribution in [0.4, 0.5) is 0 Å². The summed E-state index contributed by atoms with van der Waals surface area (Å²) in [6.45, 7) is 3.78. The molecule has 0 amide bonds. The van der Waals surface area contributed by atoms with Gasteiger partial charge in [0.05, 0.1) is 11.3 Å². The third-order valence-corrected chi connectivity index (χ3v) is 3.74. The molecule has 1 aromatic heterocycles. The van der Waals surface area contributed by atoms with Crippen LogP contribution in [0.15, 0.2) is 78.2 Å². The van der Waals surface area contributed by atoms with Crippen molar-refractivity contribution < 1.29 is 9.63 Å². The van der Waals surface area contributed by atoms with Crippen LogP contribution in [0.25, 0.3) is 5.69 Å². The van der Waals surface area contributed by atoms with Gasteiger partial charge in [-0.1, -0.05) is 35.0 Å². The monoisotopic (exact) mass is 318 g/mol. The first-order valence-electron chi connectivity index (χ1n) is 7.70. The van der Waals surface area contributed by atoms with Crippen LogP contribution in [-0.4, -0.2) is 16.2 Å². The van der Waals surface area contributed by atoms with Crippen LogP contribution in [-0.2, 0) is 4.84 Å². The number of carbonyl (C=O) groups is 1. The van der Waals surface area contributed by atoms with E-state index < -0.39 is 5.97 Å². The summed E-state index contributed by atoms with van der Waals surface area (Å²) >= 11 is 0. The van der Waals surface area contributed by atoms with E-state index in [1.54, 1.807) is 12.1 Å². The first-order valence-corrected chi connectivity index (χ1v) is 7.70. The number of carbonyl (C=O) groups excluding carboxylic acids is 1. The van der Waals surface area contributed by atoms with Gasteiger partial charge in [0, 0.05) is 18.1 Å². The van der Waals surface area contributed by atoms with Crippen LogP contribution in [0.3, 0.4) is 0 Å². The van der Waals surface area contributed by atoms with Crippen molar-refractivity contribution in [2.45, 2.75) is 13.8 Å². The SMILES string of the molecule is C/C(=N/OC(=O)c1ccc(C)cc1)c1ccc(-n2cccc2)cc1. The van der Waals surface area contributed by atoms with E-state index in [2.05, 4.69) is 5.16 Å². The van der Waals surface area contributed by atoms with Gasteiger partial charge in [0.25, 0.3) is 0 Å². The number of hydrogen-bond acceptors (Lipinski definition) is 3. The predicted molar refractivity (Wildman–Crippen MR) is 94.6 cm³/mol. The number of hydrogen-bond donors (Lipinski definition) is 0. The Bertz CT molecular complexity index is 846. The molecule has 3 aromatic rings. The maximum atomic E-state index is 12.0. The zero-order valence-corrected chi connectivity index (χ0v) is 13.6. The molecular formula is C20H18N2O2. The fourth-order valence-corrected chi connectivity index (χ4v) is 2.29. The molecule has 0 bridgehead atoms. The van der Waals surface area contributed by atoms with Crippen LogP contribution in [0, 0.1) is 6.92 Å². The normalized spacial score (nSPS) is 11.3. The second-order valence-corrected chi connectivity index (χ2v) is 5.56. The first kappa shape index (κ1) is 15.7. The quantitative estimate of drug-likeness (QED) is 0.407. The van der Waals surface area contributed by atoms with Crippen LogP contribution < -0.4 is 0 Å². The highest BCUT2D eigenvalue weighted by molar-refractivity contribution is 5.99. The lowest BCUT2D eigenvalue weighted by Gasteiger charge is -2.05. The van der Waals surface area contributed by atoms with Crippen LogP contribution in [0.2, 0.25) is 0 Å². The molecule has 1 heterocycles. The zero-order valence-electron chi connectivity index (χ0n) is 13.6. The summed E-state index contributed by atoms with van der Waals surface area (Å²) in [5, 5.41) is 3.95. The number of oxime groups is 1. The van der Waals surface area contributed by atoms with Crippen molar-refractivity contribution in [3.8, 4) is 5.69 Å². The number of rotatable bonds is 4. The topological polar surface area (TPSA) is 43.6 Å². The third kappa shape index (κ3) is 3.60. The van der Waals surface area contributed by atoms with Gasteiger partial charge in [-0.2, -0.15) is 0 Å². The van der Waals surface area contributed by atoms with Crippen molar-refractivity contribution in [2.75, 3.05) is 0 Å². The summed E-state index contributed by atoms with van der Waals surface area (Å²) < 4.78 is 2.02. The summed E-state index contributed by atoms with van der Waals surface area (Å²) in [4.78, 5) is 17.0. The van der Waals surface area contributed by atoms with Gasteiger partial charge >= 0.3 is 5.97 Å². The highest BCUT2D eigenvalue weighted by Gasteiger charge is 2.07. The molecule has 4 nitrogen and oxygen atoms in total. The second-order valence-electron chi connectivity index (χ2n) is 5.56. The predicted octanol–water partition coefficient (Wildman–Crippen LogP) is 4.37. The fraction of sp³-hybridized carbons (Fsp3) is 0.100. The minimum Gasteiger partial charge on any atom is -0.324 e. The van der Waals surface area contributed by atoms with Gasteiger partial charge in [-0.05, 0) is 55.8 Å². The Kier molecular flexibility index (Phi) is 4.57. The largest absolute Gasteiger partial charge is 0.365 e. The fourth-order valence-electron chi connectivity index (χ4n) is 2.29. The zero-order chi connectivity index (χ0) is 16.9. The highest BCUT2D eigenvalue weighted by atomic mass is 16.7. The van der Waals surface area contributed by atoms with E-state index in [1.807, 2.05) is 79.3 Å². The number of aromatic nitrogens is 1. The molecule has 2 aromatic carbocycles. The summed E-state index contributed by atoms with van der Waals surface area (Å²) in [6.07, 6.45) is 3.97. The highest BCUT2D eigenvalue weighted by Crippen LogP contribution is 2.11. The minimum absolute atomic E-state index is 0.460. The lowest BCUT2D eigenvalue weighted by Crippen LogP contribution is -2.04. The Morgan fingerprint density at radius 1 is 0.917 bits per heavy atom. The molecule has 24 heavy (non-hydrogen) atoms. The van der Waals surface area contributed by atoms with Gasteiger partial charge in [-0.3, -0.25) is 0 Å². The lowest BCUT2D eigenvalue weighted by atomic mass is 10.1. The van der Waals surface area contributed by atoms with Gasteiger partial charge in [0.2, 0.25) is 0 Å². The van der Waals surface area contributed by atoms with E-state index in [0.717, 1.165) is 16.8 Å². The van der Waals surface area contributed by atoms with Crippen molar-refractivity contribution >= 4 is 11.7 Å². The average molecular weight is 318 g/mol. The second kappa shape index (κ2) is 6.96. The van der Waals surface area contributed by atoms with E-state index in [4.69, 9.17) is 4.84 Å².